The van der Waals surface area contributed by atoms with Crippen molar-refractivity contribution in [3.63, 3.8) is 0 Å². The highest BCUT2D eigenvalue weighted by Gasteiger charge is 2.15. The molecule has 1 unspecified atom stereocenters. The van der Waals surface area contributed by atoms with Crippen molar-refractivity contribution >= 4 is 0 Å². The lowest BCUT2D eigenvalue weighted by atomic mass is 9.91. The molecule has 2 aromatic carbocycles. The van der Waals surface area contributed by atoms with E-state index >= 15 is 0 Å². The zero-order valence-electron chi connectivity index (χ0n) is 12.1. The van der Waals surface area contributed by atoms with E-state index in [2.05, 4.69) is 49.4 Å². The summed E-state index contributed by atoms with van der Waals surface area (Å²) >= 11 is 0. The third kappa shape index (κ3) is 2.78. The van der Waals surface area contributed by atoms with Gasteiger partial charge >= 0.3 is 0 Å². The third-order valence-corrected chi connectivity index (χ3v) is 4.38. The van der Waals surface area contributed by atoms with Crippen LogP contribution in [0.5, 0.6) is 0 Å². The quantitative estimate of drug-likeness (QED) is 0.892. The van der Waals surface area contributed by atoms with Crippen molar-refractivity contribution in [3.05, 3.63) is 70.3 Å². The second kappa shape index (κ2) is 5.80. The fourth-order valence-electron chi connectivity index (χ4n) is 3.25. The minimum absolute atomic E-state index is 0.203. The number of aliphatic hydroxyl groups excluding tert-OH is 1. The molecule has 0 radical (unpaired) electrons. The molecule has 0 aromatic heterocycles. The second-order valence-corrected chi connectivity index (χ2v) is 5.95. The average Bonchev–Trinajstić information content (AvgIpc) is 2.92. The Hall–Kier alpha value is -1.60. The van der Waals surface area contributed by atoms with Crippen LogP contribution in [-0.4, -0.2) is 11.7 Å². The normalized spacial score (nSPS) is 15.1. The Labute approximate surface area is 121 Å². The van der Waals surface area contributed by atoms with E-state index < -0.39 is 0 Å². The van der Waals surface area contributed by atoms with Crippen LogP contribution in [0, 0.1) is 6.92 Å². The molecule has 1 heteroatoms. The number of fused-ring (bicyclic) bond motifs is 1. The molecule has 0 saturated heterocycles. The van der Waals surface area contributed by atoms with E-state index in [1.54, 1.807) is 0 Å². The summed E-state index contributed by atoms with van der Waals surface area (Å²) in [6, 6.07) is 15.4. The molecular formula is C19H22O. The summed E-state index contributed by atoms with van der Waals surface area (Å²) in [7, 11) is 0. The van der Waals surface area contributed by atoms with Crippen molar-refractivity contribution in [2.45, 2.75) is 38.5 Å². The highest BCUT2D eigenvalue weighted by molar-refractivity contribution is 5.36. The fraction of sp³-hybridized carbons (Fsp3) is 0.368. The second-order valence-electron chi connectivity index (χ2n) is 5.95. The van der Waals surface area contributed by atoms with Gasteiger partial charge in [-0.15, -0.1) is 0 Å². The molecule has 1 aliphatic carbocycles. The first-order chi connectivity index (χ1) is 9.76. The Balaban J connectivity index is 1.81. The molecule has 0 amide bonds. The van der Waals surface area contributed by atoms with Gasteiger partial charge in [-0.2, -0.15) is 0 Å². The molecule has 0 bridgehead atoms. The SMILES string of the molecule is Cc1cccc(C(CO)Cc2ccc3c(c2)CCC3)c1. The smallest absolute Gasteiger partial charge is 0.0502 e. The van der Waals surface area contributed by atoms with Crippen LogP contribution in [0.4, 0.5) is 0 Å². The molecule has 0 fully saturated rings. The van der Waals surface area contributed by atoms with Gasteiger partial charge in [-0.25, -0.2) is 0 Å². The third-order valence-electron chi connectivity index (χ3n) is 4.38. The lowest BCUT2D eigenvalue weighted by Gasteiger charge is -2.16. The molecule has 104 valence electrons. The van der Waals surface area contributed by atoms with E-state index in [0.717, 1.165) is 6.42 Å². The van der Waals surface area contributed by atoms with E-state index in [0.29, 0.717) is 0 Å². The fourth-order valence-corrected chi connectivity index (χ4v) is 3.25. The number of hydrogen-bond acceptors (Lipinski definition) is 1. The van der Waals surface area contributed by atoms with E-state index in [4.69, 9.17) is 0 Å². The van der Waals surface area contributed by atoms with Crippen molar-refractivity contribution in [1.29, 1.82) is 0 Å². The van der Waals surface area contributed by atoms with Crippen LogP contribution in [0.1, 0.15) is 40.2 Å². The van der Waals surface area contributed by atoms with Crippen molar-refractivity contribution in [2.75, 3.05) is 6.61 Å². The van der Waals surface area contributed by atoms with Gasteiger partial charge in [0.05, 0.1) is 6.61 Å². The highest BCUT2D eigenvalue weighted by atomic mass is 16.3. The van der Waals surface area contributed by atoms with Gasteiger partial charge in [0.2, 0.25) is 0 Å². The predicted molar refractivity (Wildman–Crippen MR) is 83.2 cm³/mol. The van der Waals surface area contributed by atoms with E-state index in [1.165, 1.54) is 47.1 Å². The first-order valence-electron chi connectivity index (χ1n) is 7.54. The standard InChI is InChI=1S/C19H22O/c1-14-4-2-6-17(10-14)19(13-20)12-15-8-9-16-5-3-7-18(16)11-15/h2,4,6,8-11,19-20H,3,5,7,12-13H2,1H3. The Morgan fingerprint density at radius 3 is 2.70 bits per heavy atom. The molecule has 1 nitrogen and oxygen atoms in total. The first-order valence-corrected chi connectivity index (χ1v) is 7.54. The lowest BCUT2D eigenvalue weighted by molar-refractivity contribution is 0.264. The van der Waals surface area contributed by atoms with Gasteiger partial charge in [-0.05, 0) is 54.9 Å². The Kier molecular flexibility index (Phi) is 3.88. The van der Waals surface area contributed by atoms with Gasteiger partial charge in [0.25, 0.3) is 0 Å². The summed E-state index contributed by atoms with van der Waals surface area (Å²) in [5, 5.41) is 9.73. The Morgan fingerprint density at radius 2 is 1.90 bits per heavy atom. The Bertz CT molecular complexity index is 600. The summed E-state index contributed by atoms with van der Waals surface area (Å²) < 4.78 is 0. The molecule has 2 aromatic rings. The molecule has 3 rings (SSSR count). The van der Waals surface area contributed by atoms with Gasteiger partial charge in [0.15, 0.2) is 0 Å². The van der Waals surface area contributed by atoms with E-state index in [1.807, 2.05) is 0 Å². The highest BCUT2D eigenvalue weighted by Crippen LogP contribution is 2.26. The van der Waals surface area contributed by atoms with Crippen molar-refractivity contribution in [3.8, 4) is 0 Å². The first kappa shape index (κ1) is 13.4. The molecule has 0 saturated carbocycles. The maximum absolute atomic E-state index is 9.73. The van der Waals surface area contributed by atoms with Crippen LogP contribution in [0.2, 0.25) is 0 Å². The van der Waals surface area contributed by atoms with Crippen molar-refractivity contribution < 1.29 is 5.11 Å². The van der Waals surface area contributed by atoms with Crippen LogP contribution in [0.3, 0.4) is 0 Å². The van der Waals surface area contributed by atoms with E-state index in [9.17, 15) is 5.11 Å². The van der Waals surface area contributed by atoms with Gasteiger partial charge in [0.1, 0.15) is 0 Å². The zero-order valence-corrected chi connectivity index (χ0v) is 12.1. The number of aliphatic hydroxyl groups is 1. The average molecular weight is 266 g/mol. The minimum atomic E-state index is 0.203. The number of benzene rings is 2. The summed E-state index contributed by atoms with van der Waals surface area (Å²) in [6.45, 7) is 2.31. The Morgan fingerprint density at radius 1 is 1.05 bits per heavy atom. The maximum atomic E-state index is 9.73. The topological polar surface area (TPSA) is 20.2 Å². The van der Waals surface area contributed by atoms with Gasteiger partial charge in [-0.3, -0.25) is 0 Å². The molecule has 1 aliphatic rings. The summed E-state index contributed by atoms with van der Waals surface area (Å²) in [4.78, 5) is 0. The lowest BCUT2D eigenvalue weighted by Crippen LogP contribution is -2.08. The monoisotopic (exact) mass is 266 g/mol. The van der Waals surface area contributed by atoms with E-state index in [-0.39, 0.29) is 12.5 Å². The van der Waals surface area contributed by atoms with Gasteiger partial charge in [-0.1, -0.05) is 48.0 Å². The van der Waals surface area contributed by atoms with Crippen molar-refractivity contribution in [2.24, 2.45) is 0 Å². The molecule has 20 heavy (non-hydrogen) atoms. The minimum Gasteiger partial charge on any atom is -0.396 e. The van der Waals surface area contributed by atoms with Crippen LogP contribution in [0.15, 0.2) is 42.5 Å². The molecule has 1 atom stereocenters. The number of rotatable bonds is 4. The number of aryl methyl sites for hydroxylation is 3. The van der Waals surface area contributed by atoms with Crippen LogP contribution < -0.4 is 0 Å². The molecule has 0 heterocycles. The number of hydrogen-bond donors (Lipinski definition) is 1. The predicted octanol–water partition coefficient (Wildman–Crippen LogP) is 3.80. The van der Waals surface area contributed by atoms with Crippen LogP contribution in [-0.2, 0) is 19.3 Å². The van der Waals surface area contributed by atoms with Crippen molar-refractivity contribution in [1.82, 2.24) is 0 Å². The van der Waals surface area contributed by atoms with Gasteiger partial charge in [0, 0.05) is 5.92 Å². The summed E-state index contributed by atoms with van der Waals surface area (Å²) in [5.41, 5.74) is 6.89. The largest absolute Gasteiger partial charge is 0.396 e. The van der Waals surface area contributed by atoms with Crippen LogP contribution >= 0.6 is 0 Å². The summed E-state index contributed by atoms with van der Waals surface area (Å²) in [6.07, 6.45) is 4.67. The van der Waals surface area contributed by atoms with Gasteiger partial charge < -0.3 is 5.11 Å². The molecular weight excluding hydrogens is 244 g/mol. The molecule has 0 spiro atoms. The molecule has 0 aliphatic heterocycles. The maximum Gasteiger partial charge on any atom is 0.0502 e. The summed E-state index contributed by atoms with van der Waals surface area (Å²) in [5.74, 6) is 0.203. The van der Waals surface area contributed by atoms with Crippen LogP contribution in [0.25, 0.3) is 0 Å². The zero-order chi connectivity index (χ0) is 13.9. The molecule has 1 N–H and O–H groups in total.